The maximum Gasteiger partial charge on any atom is 0.248 e. The van der Waals surface area contributed by atoms with Crippen LogP contribution in [0.4, 0.5) is 0 Å². The average Bonchev–Trinajstić information content (AvgIpc) is 2.94. The van der Waals surface area contributed by atoms with E-state index in [2.05, 4.69) is 5.32 Å². The van der Waals surface area contributed by atoms with E-state index in [0.717, 1.165) is 5.75 Å². The van der Waals surface area contributed by atoms with Crippen LogP contribution in [0.15, 0.2) is 0 Å². The number of imide groups is 1. The van der Waals surface area contributed by atoms with Crippen LogP contribution in [0, 0.1) is 0 Å². The summed E-state index contributed by atoms with van der Waals surface area (Å²) >= 11 is 1.46. The van der Waals surface area contributed by atoms with E-state index in [1.165, 1.54) is 16.7 Å². The third-order valence-electron chi connectivity index (χ3n) is 4.20. The zero-order valence-electron chi connectivity index (χ0n) is 16.9. The van der Waals surface area contributed by atoms with Crippen molar-refractivity contribution in [3.05, 3.63) is 0 Å². The van der Waals surface area contributed by atoms with Crippen LogP contribution in [0.2, 0.25) is 0 Å². The van der Waals surface area contributed by atoms with Gasteiger partial charge in [0, 0.05) is 39.5 Å². The molecule has 0 saturated carbocycles. The molecule has 0 bridgehead atoms. The van der Waals surface area contributed by atoms with Crippen LogP contribution in [0.3, 0.4) is 0 Å². The second kappa shape index (κ2) is 13.5. The Kier molecular flexibility index (Phi) is 11.8. The summed E-state index contributed by atoms with van der Waals surface area (Å²) in [4.78, 5) is 50.0. The number of amides is 4. The molecule has 0 aromatic carbocycles. The summed E-state index contributed by atoms with van der Waals surface area (Å²) in [6.07, 6.45) is 0.298. The summed E-state index contributed by atoms with van der Waals surface area (Å²) in [7, 11) is 1.71. The lowest BCUT2D eigenvalue weighted by molar-refractivity contribution is -0.139. The van der Waals surface area contributed by atoms with Crippen LogP contribution >= 0.6 is 11.8 Å². The molecule has 28 heavy (non-hydrogen) atoms. The van der Waals surface area contributed by atoms with Crippen molar-refractivity contribution in [3.8, 4) is 0 Å². The molecule has 1 unspecified atom stereocenters. The molecule has 160 valence electrons. The first-order valence-electron chi connectivity index (χ1n) is 9.52. The maximum absolute atomic E-state index is 12.1. The topological polar surface area (TPSA) is 105 Å². The van der Waals surface area contributed by atoms with Gasteiger partial charge in [-0.15, -0.1) is 11.8 Å². The summed E-state index contributed by atoms with van der Waals surface area (Å²) in [6.45, 7) is 5.86. The summed E-state index contributed by atoms with van der Waals surface area (Å²) in [5, 5.41) is 2.37. The van der Waals surface area contributed by atoms with Gasteiger partial charge in [-0.05, 0) is 12.7 Å². The second-order valence-corrected chi connectivity index (χ2v) is 7.68. The van der Waals surface area contributed by atoms with Crippen molar-refractivity contribution in [2.24, 2.45) is 0 Å². The van der Waals surface area contributed by atoms with Crippen LogP contribution in [-0.2, 0) is 28.7 Å². The number of hydrogen-bond donors (Lipinski definition) is 1. The SMILES string of the molecule is CCSC1CC(=O)N(CCC(=O)NCCOCCOCC(=O)N(C)CC)C1=O. The maximum atomic E-state index is 12.1. The van der Waals surface area contributed by atoms with Gasteiger partial charge in [0.15, 0.2) is 0 Å². The third-order valence-corrected chi connectivity index (χ3v) is 5.30. The Morgan fingerprint density at radius 3 is 2.61 bits per heavy atom. The van der Waals surface area contributed by atoms with Gasteiger partial charge < -0.3 is 19.7 Å². The van der Waals surface area contributed by atoms with Crippen LogP contribution in [0.1, 0.15) is 26.7 Å². The van der Waals surface area contributed by atoms with E-state index in [0.29, 0.717) is 32.9 Å². The summed E-state index contributed by atoms with van der Waals surface area (Å²) < 4.78 is 10.5. The molecular weight excluding hydrogens is 386 g/mol. The fourth-order valence-corrected chi connectivity index (χ4v) is 3.38. The number of ether oxygens (including phenoxy) is 2. The highest BCUT2D eigenvalue weighted by molar-refractivity contribution is 8.00. The van der Waals surface area contributed by atoms with E-state index in [1.54, 1.807) is 11.9 Å². The lowest BCUT2D eigenvalue weighted by Crippen LogP contribution is -2.36. The van der Waals surface area contributed by atoms with E-state index in [-0.39, 0.29) is 54.9 Å². The van der Waals surface area contributed by atoms with E-state index in [1.807, 2.05) is 13.8 Å². The smallest absolute Gasteiger partial charge is 0.248 e. The van der Waals surface area contributed by atoms with Gasteiger partial charge in [-0.25, -0.2) is 0 Å². The molecule has 0 aromatic rings. The van der Waals surface area contributed by atoms with Gasteiger partial charge in [-0.1, -0.05) is 6.92 Å². The zero-order chi connectivity index (χ0) is 20.9. The third kappa shape index (κ3) is 8.57. The van der Waals surface area contributed by atoms with Crippen molar-refractivity contribution in [2.45, 2.75) is 31.9 Å². The molecule has 0 aromatic heterocycles. The molecule has 1 saturated heterocycles. The standard InChI is InChI=1S/C18H31N3O6S/c1-4-20(3)17(24)13-27-11-10-26-9-7-19-15(22)6-8-21-16(23)12-14(18(21)25)28-5-2/h14H,4-13H2,1-3H3,(H,19,22). The number of thioether (sulfide) groups is 1. The van der Waals surface area contributed by atoms with Gasteiger partial charge in [-0.3, -0.25) is 24.1 Å². The van der Waals surface area contributed by atoms with Gasteiger partial charge in [0.2, 0.25) is 23.6 Å². The molecule has 1 rings (SSSR count). The Morgan fingerprint density at radius 1 is 1.21 bits per heavy atom. The van der Waals surface area contributed by atoms with E-state index < -0.39 is 0 Å². The van der Waals surface area contributed by atoms with Gasteiger partial charge in [-0.2, -0.15) is 0 Å². The molecule has 0 radical (unpaired) electrons. The molecule has 1 atom stereocenters. The van der Waals surface area contributed by atoms with E-state index in [9.17, 15) is 19.2 Å². The van der Waals surface area contributed by atoms with Crippen LogP contribution in [0.5, 0.6) is 0 Å². The Bertz CT molecular complexity index is 545. The summed E-state index contributed by atoms with van der Waals surface area (Å²) in [6, 6.07) is 0. The summed E-state index contributed by atoms with van der Waals surface area (Å²) in [5.41, 5.74) is 0. The number of rotatable bonds is 14. The highest BCUT2D eigenvalue weighted by Gasteiger charge is 2.38. The quantitative estimate of drug-likeness (QED) is 0.310. The average molecular weight is 418 g/mol. The number of nitrogens with zero attached hydrogens (tertiary/aromatic N) is 2. The molecule has 1 aliphatic rings. The predicted octanol–water partition coefficient (Wildman–Crippen LogP) is -0.115. The number of carbonyl (C=O) groups is 4. The number of carbonyl (C=O) groups excluding carboxylic acids is 4. The minimum absolute atomic E-state index is 0.0238. The fraction of sp³-hybridized carbons (Fsp3) is 0.778. The summed E-state index contributed by atoms with van der Waals surface area (Å²) in [5.74, 6) is 0.0478. The Labute approximate surface area is 170 Å². The van der Waals surface area contributed by atoms with E-state index >= 15 is 0 Å². The molecule has 4 amide bonds. The molecule has 1 heterocycles. The Morgan fingerprint density at radius 2 is 1.93 bits per heavy atom. The van der Waals surface area contributed by atoms with Crippen LogP contribution in [-0.4, -0.2) is 97.5 Å². The largest absolute Gasteiger partial charge is 0.377 e. The van der Waals surface area contributed by atoms with Crippen molar-refractivity contribution >= 4 is 35.4 Å². The fourth-order valence-electron chi connectivity index (χ4n) is 2.45. The van der Waals surface area contributed by atoms with Gasteiger partial charge in [0.05, 0.1) is 25.1 Å². The first kappa shape index (κ1) is 24.4. The number of nitrogens with one attached hydrogen (secondary N) is 1. The highest BCUT2D eigenvalue weighted by atomic mass is 32.2. The Balaban J connectivity index is 2.05. The monoisotopic (exact) mass is 417 g/mol. The normalized spacial score (nSPS) is 16.5. The molecule has 0 spiro atoms. The van der Waals surface area contributed by atoms with Gasteiger partial charge in [0.25, 0.3) is 0 Å². The first-order valence-corrected chi connectivity index (χ1v) is 10.6. The molecule has 9 nitrogen and oxygen atoms in total. The van der Waals surface area contributed by atoms with Gasteiger partial charge in [0.1, 0.15) is 6.61 Å². The molecule has 0 aliphatic carbocycles. The minimum atomic E-state index is -0.311. The Hall–Kier alpha value is -1.65. The number of likely N-dealkylation sites (tertiary alicyclic amines) is 1. The molecular formula is C18H31N3O6S. The molecule has 10 heteroatoms. The predicted molar refractivity (Wildman–Crippen MR) is 106 cm³/mol. The second-order valence-electron chi connectivity index (χ2n) is 6.20. The number of hydrogen-bond acceptors (Lipinski definition) is 7. The van der Waals surface area contributed by atoms with Crippen molar-refractivity contribution < 1.29 is 28.7 Å². The molecule has 1 fully saturated rings. The van der Waals surface area contributed by atoms with Gasteiger partial charge >= 0.3 is 0 Å². The van der Waals surface area contributed by atoms with Crippen molar-refractivity contribution in [3.63, 3.8) is 0 Å². The molecule has 1 N–H and O–H groups in total. The van der Waals surface area contributed by atoms with E-state index in [4.69, 9.17) is 9.47 Å². The molecule has 1 aliphatic heterocycles. The first-order chi connectivity index (χ1) is 13.4. The van der Waals surface area contributed by atoms with Crippen molar-refractivity contribution in [2.75, 3.05) is 58.9 Å². The van der Waals surface area contributed by atoms with Crippen LogP contribution in [0.25, 0.3) is 0 Å². The number of likely N-dealkylation sites (N-methyl/N-ethyl adjacent to an activating group) is 1. The lowest BCUT2D eigenvalue weighted by Gasteiger charge is -2.15. The minimum Gasteiger partial charge on any atom is -0.377 e. The van der Waals surface area contributed by atoms with Crippen molar-refractivity contribution in [1.82, 2.24) is 15.1 Å². The highest BCUT2D eigenvalue weighted by Crippen LogP contribution is 2.24. The lowest BCUT2D eigenvalue weighted by atomic mass is 10.3. The van der Waals surface area contributed by atoms with Crippen LogP contribution < -0.4 is 5.32 Å². The zero-order valence-corrected chi connectivity index (χ0v) is 17.7. The van der Waals surface area contributed by atoms with Crippen molar-refractivity contribution in [1.29, 1.82) is 0 Å².